The van der Waals surface area contributed by atoms with Gasteiger partial charge in [-0.1, -0.05) is 5.16 Å². The molecule has 2 N–H and O–H groups in total. The second-order valence-corrected chi connectivity index (χ2v) is 4.02. The van der Waals surface area contributed by atoms with Gasteiger partial charge in [0.15, 0.2) is 0 Å². The summed E-state index contributed by atoms with van der Waals surface area (Å²) in [5, 5.41) is 3.74. The standard InChI is InChI=1S/C13H8F2N4O/c14-8-2-4-11(17-6-8)12-18-13(20-19-12)7-1-3-9(15)10(16)5-7/h1-6H,16H2. The van der Waals surface area contributed by atoms with Crippen LogP contribution in [0.5, 0.6) is 0 Å². The van der Waals surface area contributed by atoms with E-state index >= 15 is 0 Å². The van der Waals surface area contributed by atoms with Crippen LogP contribution in [0, 0.1) is 11.6 Å². The van der Waals surface area contributed by atoms with Crippen LogP contribution in [0.4, 0.5) is 14.5 Å². The van der Waals surface area contributed by atoms with Gasteiger partial charge in [-0.2, -0.15) is 4.98 Å². The van der Waals surface area contributed by atoms with Crippen molar-refractivity contribution in [2.45, 2.75) is 0 Å². The molecule has 0 aliphatic rings. The van der Waals surface area contributed by atoms with Crippen LogP contribution in [0.25, 0.3) is 23.0 Å². The molecule has 7 heteroatoms. The van der Waals surface area contributed by atoms with Crippen LogP contribution in [0.1, 0.15) is 0 Å². The smallest absolute Gasteiger partial charge is 0.258 e. The van der Waals surface area contributed by atoms with E-state index in [9.17, 15) is 8.78 Å². The summed E-state index contributed by atoms with van der Waals surface area (Å²) < 4.78 is 30.9. The van der Waals surface area contributed by atoms with E-state index in [2.05, 4.69) is 15.1 Å². The van der Waals surface area contributed by atoms with E-state index < -0.39 is 11.6 Å². The number of nitrogen functional groups attached to an aromatic ring is 1. The Bertz CT molecular complexity index is 755. The fraction of sp³-hybridized carbons (Fsp3) is 0. The maximum absolute atomic E-state index is 13.1. The van der Waals surface area contributed by atoms with Crippen LogP contribution >= 0.6 is 0 Å². The van der Waals surface area contributed by atoms with E-state index in [1.807, 2.05) is 0 Å². The number of benzene rings is 1. The summed E-state index contributed by atoms with van der Waals surface area (Å²) in [7, 11) is 0. The van der Waals surface area contributed by atoms with Crippen LogP contribution in [0.3, 0.4) is 0 Å². The van der Waals surface area contributed by atoms with Gasteiger partial charge in [-0.15, -0.1) is 0 Å². The van der Waals surface area contributed by atoms with E-state index in [-0.39, 0.29) is 17.4 Å². The predicted octanol–water partition coefficient (Wildman–Crippen LogP) is 2.66. The highest BCUT2D eigenvalue weighted by atomic mass is 19.1. The molecule has 0 fully saturated rings. The van der Waals surface area contributed by atoms with Crippen LogP contribution < -0.4 is 5.73 Å². The molecule has 2 aromatic heterocycles. The minimum absolute atomic E-state index is 0.0119. The summed E-state index contributed by atoms with van der Waals surface area (Å²) in [5.41, 5.74) is 6.32. The van der Waals surface area contributed by atoms with Gasteiger partial charge in [0.25, 0.3) is 5.89 Å². The zero-order valence-electron chi connectivity index (χ0n) is 10.0. The van der Waals surface area contributed by atoms with Crippen molar-refractivity contribution in [3.05, 3.63) is 48.2 Å². The van der Waals surface area contributed by atoms with Gasteiger partial charge in [-0.3, -0.25) is 0 Å². The average Bonchev–Trinajstić information content (AvgIpc) is 2.92. The predicted molar refractivity (Wildman–Crippen MR) is 67.3 cm³/mol. The molecule has 0 saturated carbocycles. The first-order valence-corrected chi connectivity index (χ1v) is 5.64. The molecule has 0 bridgehead atoms. The van der Waals surface area contributed by atoms with E-state index in [0.717, 1.165) is 6.20 Å². The summed E-state index contributed by atoms with van der Waals surface area (Å²) >= 11 is 0. The first kappa shape index (κ1) is 12.2. The minimum Gasteiger partial charge on any atom is -0.396 e. The van der Waals surface area contributed by atoms with Gasteiger partial charge < -0.3 is 10.3 Å². The van der Waals surface area contributed by atoms with Gasteiger partial charge in [0.1, 0.15) is 17.3 Å². The molecular formula is C13H8F2N4O. The summed E-state index contributed by atoms with van der Waals surface area (Å²) in [6.45, 7) is 0. The van der Waals surface area contributed by atoms with Gasteiger partial charge in [-0.25, -0.2) is 13.8 Å². The van der Waals surface area contributed by atoms with Gasteiger partial charge in [-0.05, 0) is 30.3 Å². The van der Waals surface area contributed by atoms with Crippen molar-refractivity contribution in [1.29, 1.82) is 0 Å². The first-order chi connectivity index (χ1) is 9.63. The zero-order chi connectivity index (χ0) is 14.1. The van der Waals surface area contributed by atoms with E-state index in [0.29, 0.717) is 11.3 Å². The van der Waals surface area contributed by atoms with Crippen LogP contribution in [0.2, 0.25) is 0 Å². The molecule has 5 nitrogen and oxygen atoms in total. The Balaban J connectivity index is 1.97. The molecule has 0 amide bonds. The normalized spacial score (nSPS) is 10.7. The topological polar surface area (TPSA) is 77.8 Å². The maximum atomic E-state index is 13.1. The van der Waals surface area contributed by atoms with Gasteiger partial charge in [0.05, 0.1) is 11.9 Å². The lowest BCUT2D eigenvalue weighted by Gasteiger charge is -1.97. The molecule has 1 aromatic carbocycles. The van der Waals surface area contributed by atoms with Crippen LogP contribution in [-0.4, -0.2) is 15.1 Å². The lowest BCUT2D eigenvalue weighted by Crippen LogP contribution is -1.91. The second kappa shape index (κ2) is 4.69. The number of pyridine rings is 1. The third kappa shape index (κ3) is 2.20. The number of anilines is 1. The number of aromatic nitrogens is 3. The molecule has 0 aliphatic heterocycles. The molecule has 100 valence electrons. The zero-order valence-corrected chi connectivity index (χ0v) is 10.0. The van der Waals surface area contributed by atoms with Crippen molar-refractivity contribution in [3.8, 4) is 23.0 Å². The molecule has 0 saturated heterocycles. The molecule has 20 heavy (non-hydrogen) atoms. The van der Waals surface area contributed by atoms with Crippen molar-refractivity contribution >= 4 is 5.69 Å². The lowest BCUT2D eigenvalue weighted by atomic mass is 10.2. The minimum atomic E-state index is -0.520. The molecule has 0 aliphatic carbocycles. The number of nitrogens with two attached hydrogens (primary N) is 1. The number of nitrogens with zero attached hydrogens (tertiary/aromatic N) is 3. The number of rotatable bonds is 2. The van der Waals surface area contributed by atoms with E-state index in [1.165, 1.54) is 30.3 Å². The Morgan fingerprint density at radius 2 is 1.95 bits per heavy atom. The maximum Gasteiger partial charge on any atom is 0.258 e. The number of halogens is 2. The monoisotopic (exact) mass is 274 g/mol. The Morgan fingerprint density at radius 1 is 1.10 bits per heavy atom. The van der Waals surface area contributed by atoms with Crippen molar-refractivity contribution in [2.24, 2.45) is 0 Å². The summed E-state index contributed by atoms with van der Waals surface area (Å²) in [5.74, 6) is -0.585. The van der Waals surface area contributed by atoms with Crippen molar-refractivity contribution in [1.82, 2.24) is 15.1 Å². The lowest BCUT2D eigenvalue weighted by molar-refractivity contribution is 0.432. The highest BCUT2D eigenvalue weighted by Crippen LogP contribution is 2.24. The van der Waals surface area contributed by atoms with Crippen LogP contribution in [-0.2, 0) is 0 Å². The molecule has 0 radical (unpaired) electrons. The first-order valence-electron chi connectivity index (χ1n) is 5.64. The SMILES string of the molecule is Nc1cc(-c2nc(-c3ccc(F)cn3)no2)ccc1F. The van der Waals surface area contributed by atoms with Crippen LogP contribution in [0.15, 0.2) is 41.1 Å². The molecule has 3 aromatic rings. The molecule has 0 spiro atoms. The van der Waals surface area contributed by atoms with Crippen molar-refractivity contribution in [2.75, 3.05) is 5.73 Å². The summed E-state index contributed by atoms with van der Waals surface area (Å²) in [6.07, 6.45) is 1.06. The number of hydrogen-bond donors (Lipinski definition) is 1. The Hall–Kier alpha value is -2.83. The van der Waals surface area contributed by atoms with Gasteiger partial charge in [0.2, 0.25) is 5.82 Å². The summed E-state index contributed by atoms with van der Waals surface area (Å²) in [6, 6.07) is 6.76. The summed E-state index contributed by atoms with van der Waals surface area (Å²) in [4.78, 5) is 7.95. The Kier molecular flexibility index (Phi) is 2.86. The molecule has 0 unspecified atom stereocenters. The average molecular weight is 274 g/mol. The Labute approximate surface area is 112 Å². The van der Waals surface area contributed by atoms with E-state index in [4.69, 9.17) is 10.3 Å². The third-order valence-electron chi connectivity index (χ3n) is 2.63. The molecular weight excluding hydrogens is 266 g/mol. The largest absolute Gasteiger partial charge is 0.396 e. The second-order valence-electron chi connectivity index (χ2n) is 4.02. The number of hydrogen-bond acceptors (Lipinski definition) is 5. The van der Waals surface area contributed by atoms with Crippen molar-refractivity contribution in [3.63, 3.8) is 0 Å². The van der Waals surface area contributed by atoms with E-state index in [1.54, 1.807) is 0 Å². The third-order valence-corrected chi connectivity index (χ3v) is 2.63. The fourth-order valence-electron chi connectivity index (χ4n) is 1.63. The molecule has 2 heterocycles. The quantitative estimate of drug-likeness (QED) is 0.727. The fourth-order valence-corrected chi connectivity index (χ4v) is 1.63. The highest BCUT2D eigenvalue weighted by molar-refractivity contribution is 5.62. The van der Waals surface area contributed by atoms with Gasteiger partial charge in [0, 0.05) is 5.56 Å². The van der Waals surface area contributed by atoms with Gasteiger partial charge >= 0.3 is 0 Å². The van der Waals surface area contributed by atoms with Crippen molar-refractivity contribution < 1.29 is 13.3 Å². The molecule has 0 atom stereocenters. The Morgan fingerprint density at radius 3 is 2.65 bits per heavy atom. The highest BCUT2D eigenvalue weighted by Gasteiger charge is 2.12. The molecule has 3 rings (SSSR count).